The van der Waals surface area contributed by atoms with E-state index in [2.05, 4.69) is 0 Å². The van der Waals surface area contributed by atoms with Gasteiger partial charge in [-0.15, -0.1) is 0 Å². The van der Waals surface area contributed by atoms with Crippen LogP contribution in [0.1, 0.15) is 29.8 Å². The summed E-state index contributed by atoms with van der Waals surface area (Å²) in [5.74, 6) is 0.759. The van der Waals surface area contributed by atoms with Crippen LogP contribution in [0.5, 0.6) is 11.5 Å². The molecule has 0 bridgehead atoms. The number of carbonyl (C=O) groups excluding carboxylic acids is 2. The Hall–Kier alpha value is -3.02. The normalized spacial score (nSPS) is 16.0. The van der Waals surface area contributed by atoms with Crippen molar-refractivity contribution in [3.63, 3.8) is 0 Å². The first-order valence-electron chi connectivity index (χ1n) is 8.78. The number of fused-ring (bicyclic) bond motifs is 1. The lowest BCUT2D eigenvalue weighted by Gasteiger charge is -2.36. The molecule has 2 aromatic rings. The number of nitrogens with zero attached hydrogens (tertiary/aromatic N) is 1. The Morgan fingerprint density at radius 2 is 1.85 bits per heavy atom. The van der Waals surface area contributed by atoms with Crippen molar-refractivity contribution >= 4 is 17.6 Å². The van der Waals surface area contributed by atoms with Crippen molar-refractivity contribution in [2.45, 2.75) is 26.5 Å². The lowest BCUT2D eigenvalue weighted by molar-refractivity contribution is -0.128. The Bertz CT molecular complexity index is 844. The molecular weight excluding hydrogens is 346 g/mol. The average Bonchev–Trinajstić information content (AvgIpc) is 2.69. The van der Waals surface area contributed by atoms with E-state index in [9.17, 15) is 9.59 Å². The number of methoxy groups -OCH3 is 2. The summed E-state index contributed by atoms with van der Waals surface area (Å²) in [6, 6.07) is 12.5. The van der Waals surface area contributed by atoms with E-state index >= 15 is 0 Å². The van der Waals surface area contributed by atoms with Crippen LogP contribution in [-0.2, 0) is 16.1 Å². The zero-order valence-corrected chi connectivity index (χ0v) is 15.9. The van der Waals surface area contributed by atoms with Crippen molar-refractivity contribution in [3.8, 4) is 11.5 Å². The maximum Gasteiger partial charge on any atom is 0.337 e. The van der Waals surface area contributed by atoms with Crippen LogP contribution in [0.25, 0.3) is 0 Å². The Morgan fingerprint density at radius 1 is 1.15 bits per heavy atom. The van der Waals surface area contributed by atoms with Gasteiger partial charge in [0.05, 0.1) is 32.0 Å². The van der Waals surface area contributed by atoms with Crippen LogP contribution in [-0.4, -0.2) is 32.2 Å². The smallest absolute Gasteiger partial charge is 0.337 e. The number of rotatable bonds is 5. The van der Waals surface area contributed by atoms with Crippen LogP contribution in [0, 0.1) is 5.92 Å². The van der Waals surface area contributed by atoms with Gasteiger partial charge in [-0.3, -0.25) is 4.79 Å². The van der Waals surface area contributed by atoms with Crippen LogP contribution in [0.3, 0.4) is 0 Å². The SMILES string of the molecule is COC(=O)c1ccc2c(c1)N(Cc1ccc(OC)cc1)C(=O)C(C(C)C)O2. The molecule has 142 valence electrons. The van der Waals surface area contributed by atoms with Crippen LogP contribution in [0.2, 0.25) is 0 Å². The van der Waals surface area contributed by atoms with Gasteiger partial charge in [0.1, 0.15) is 11.5 Å². The highest BCUT2D eigenvalue weighted by atomic mass is 16.5. The second-order valence-corrected chi connectivity index (χ2v) is 6.73. The molecular formula is C21H23NO5. The highest BCUT2D eigenvalue weighted by molar-refractivity contribution is 6.01. The lowest BCUT2D eigenvalue weighted by Crippen LogP contribution is -2.48. The fraction of sp³-hybridized carbons (Fsp3) is 0.333. The molecule has 27 heavy (non-hydrogen) atoms. The summed E-state index contributed by atoms with van der Waals surface area (Å²) in [7, 11) is 2.94. The molecule has 1 aliphatic rings. The minimum absolute atomic E-state index is 0.0179. The molecule has 1 unspecified atom stereocenters. The largest absolute Gasteiger partial charge is 0.497 e. The van der Waals surface area contributed by atoms with Crippen LogP contribution in [0.4, 0.5) is 5.69 Å². The summed E-state index contributed by atoms with van der Waals surface area (Å²) < 4.78 is 15.9. The summed E-state index contributed by atoms with van der Waals surface area (Å²) >= 11 is 0. The maximum atomic E-state index is 13.1. The third-order valence-electron chi connectivity index (χ3n) is 4.54. The fourth-order valence-corrected chi connectivity index (χ4v) is 3.03. The first kappa shape index (κ1) is 18.8. The summed E-state index contributed by atoms with van der Waals surface area (Å²) in [5, 5.41) is 0. The molecule has 0 saturated carbocycles. The molecule has 0 radical (unpaired) electrons. The molecule has 0 fully saturated rings. The Morgan fingerprint density at radius 3 is 2.44 bits per heavy atom. The van der Waals surface area contributed by atoms with E-state index in [1.807, 2.05) is 38.1 Å². The van der Waals surface area contributed by atoms with Gasteiger partial charge in [0.15, 0.2) is 6.10 Å². The fourth-order valence-electron chi connectivity index (χ4n) is 3.03. The predicted octanol–water partition coefficient (Wildman–Crippen LogP) is 3.43. The number of amides is 1. The van der Waals surface area contributed by atoms with Crippen molar-refractivity contribution < 1.29 is 23.8 Å². The molecule has 2 aromatic carbocycles. The van der Waals surface area contributed by atoms with Crippen molar-refractivity contribution in [3.05, 3.63) is 53.6 Å². The molecule has 1 atom stereocenters. The summed E-state index contributed by atoms with van der Waals surface area (Å²) in [4.78, 5) is 26.6. The van der Waals surface area contributed by atoms with Crippen molar-refractivity contribution in [2.75, 3.05) is 19.1 Å². The van der Waals surface area contributed by atoms with Gasteiger partial charge < -0.3 is 19.1 Å². The molecule has 0 aliphatic carbocycles. The van der Waals surface area contributed by atoms with E-state index in [1.165, 1.54) is 7.11 Å². The van der Waals surface area contributed by atoms with Gasteiger partial charge in [0, 0.05) is 0 Å². The Balaban J connectivity index is 2.00. The molecule has 1 aliphatic heterocycles. The Kier molecular flexibility index (Phi) is 5.35. The van der Waals surface area contributed by atoms with Crippen LogP contribution >= 0.6 is 0 Å². The topological polar surface area (TPSA) is 65.1 Å². The van der Waals surface area contributed by atoms with Gasteiger partial charge in [0.2, 0.25) is 0 Å². The Labute approximate surface area is 158 Å². The standard InChI is InChI=1S/C21H23NO5/c1-13(2)19-20(23)22(12-14-5-8-16(25-3)9-6-14)17-11-15(21(24)26-4)7-10-18(17)27-19/h5-11,13,19H,12H2,1-4H3. The molecule has 0 spiro atoms. The number of benzene rings is 2. The van der Waals surface area contributed by atoms with Gasteiger partial charge in [0.25, 0.3) is 5.91 Å². The molecule has 3 rings (SSSR count). The number of carbonyl (C=O) groups is 2. The lowest BCUT2D eigenvalue weighted by atomic mass is 10.0. The number of ether oxygens (including phenoxy) is 3. The molecule has 1 amide bonds. The van der Waals surface area contributed by atoms with Crippen LogP contribution in [0.15, 0.2) is 42.5 Å². The number of anilines is 1. The third kappa shape index (κ3) is 3.74. The highest BCUT2D eigenvalue weighted by Gasteiger charge is 2.36. The number of hydrogen-bond donors (Lipinski definition) is 0. The molecule has 6 nitrogen and oxygen atoms in total. The third-order valence-corrected chi connectivity index (χ3v) is 4.54. The van der Waals surface area contributed by atoms with E-state index in [0.717, 1.165) is 11.3 Å². The molecule has 0 N–H and O–H groups in total. The van der Waals surface area contributed by atoms with E-state index in [0.29, 0.717) is 23.5 Å². The summed E-state index contributed by atoms with van der Waals surface area (Å²) in [5.41, 5.74) is 1.88. The number of esters is 1. The van der Waals surface area contributed by atoms with E-state index in [-0.39, 0.29) is 11.8 Å². The predicted molar refractivity (Wildman–Crippen MR) is 101 cm³/mol. The maximum absolute atomic E-state index is 13.1. The summed E-state index contributed by atoms with van der Waals surface area (Å²) in [6.07, 6.45) is -0.570. The first-order chi connectivity index (χ1) is 12.9. The van der Waals surface area contributed by atoms with Gasteiger partial charge in [-0.25, -0.2) is 4.79 Å². The first-order valence-corrected chi connectivity index (χ1v) is 8.78. The van der Waals surface area contributed by atoms with Crippen LogP contribution < -0.4 is 14.4 Å². The highest BCUT2D eigenvalue weighted by Crippen LogP contribution is 2.37. The van der Waals surface area contributed by atoms with Crippen molar-refractivity contribution in [2.24, 2.45) is 5.92 Å². The molecule has 6 heteroatoms. The van der Waals surface area contributed by atoms with Crippen molar-refractivity contribution in [1.29, 1.82) is 0 Å². The van der Waals surface area contributed by atoms with E-state index in [4.69, 9.17) is 14.2 Å². The van der Waals surface area contributed by atoms with Crippen molar-refractivity contribution in [1.82, 2.24) is 0 Å². The van der Waals surface area contributed by atoms with E-state index < -0.39 is 12.1 Å². The van der Waals surface area contributed by atoms with Gasteiger partial charge in [-0.2, -0.15) is 0 Å². The zero-order valence-electron chi connectivity index (χ0n) is 15.9. The molecule has 1 heterocycles. The molecule has 0 saturated heterocycles. The average molecular weight is 369 g/mol. The minimum atomic E-state index is -0.570. The number of hydrogen-bond acceptors (Lipinski definition) is 5. The van der Waals surface area contributed by atoms with Gasteiger partial charge in [-0.05, 0) is 41.8 Å². The van der Waals surface area contributed by atoms with E-state index in [1.54, 1.807) is 30.2 Å². The zero-order chi connectivity index (χ0) is 19.6. The minimum Gasteiger partial charge on any atom is -0.497 e. The summed E-state index contributed by atoms with van der Waals surface area (Å²) in [6.45, 7) is 4.26. The van der Waals surface area contributed by atoms with Gasteiger partial charge in [-0.1, -0.05) is 26.0 Å². The second-order valence-electron chi connectivity index (χ2n) is 6.73. The quantitative estimate of drug-likeness (QED) is 0.756. The monoisotopic (exact) mass is 369 g/mol. The second kappa shape index (κ2) is 7.70. The van der Waals surface area contributed by atoms with Gasteiger partial charge >= 0.3 is 5.97 Å². The molecule has 0 aromatic heterocycles.